The first kappa shape index (κ1) is 28.2. The highest BCUT2D eigenvalue weighted by atomic mass is 31.2. The summed E-state index contributed by atoms with van der Waals surface area (Å²) >= 11 is 0. The van der Waals surface area contributed by atoms with Crippen molar-refractivity contribution in [3.8, 4) is 0 Å². The number of nitrogens with two attached hydrogens (primary N) is 1. The number of imidazole rings is 1. The second-order valence-corrected chi connectivity index (χ2v) is 10.3. The number of fused-ring (bicyclic) bond motifs is 1. The number of hydrogen-bond acceptors (Lipinski definition) is 15. The molecule has 2 fully saturated rings. The largest absolute Gasteiger partial charge is 0.472 e. The number of nitrogens with one attached hydrogen (secondary N) is 2. The van der Waals surface area contributed by atoms with E-state index in [2.05, 4.69) is 15.0 Å². The van der Waals surface area contributed by atoms with Crippen LogP contribution in [0.4, 0.5) is 5.95 Å². The van der Waals surface area contributed by atoms with Gasteiger partial charge in [-0.25, -0.2) is 14.3 Å². The van der Waals surface area contributed by atoms with E-state index in [1.807, 2.05) is 4.98 Å². The van der Waals surface area contributed by atoms with Crippen molar-refractivity contribution in [3.05, 3.63) is 49.8 Å². The summed E-state index contributed by atoms with van der Waals surface area (Å²) in [6, 6.07) is 0.985. The topological polar surface area (TPSA) is 300 Å². The molecule has 2 aliphatic rings. The summed E-state index contributed by atoms with van der Waals surface area (Å²) < 4.78 is 35.6. The fraction of sp³-hybridized carbons (Fsp3) is 0.526. The van der Waals surface area contributed by atoms with Gasteiger partial charge in [0, 0.05) is 12.3 Å². The molecule has 5 rings (SSSR count). The SMILES string of the molecule is Nc1nc2c(ncn2[C@@H]2O[C@H](CO)[C@@H](OP(=O)(O)OC[C@H]3O[C@@H](n4ccc(=O)[nH]c4=O)[C@H](O)[C@@H]3O)[C@H]2O)c(=O)[nH]1. The average Bonchev–Trinajstić information content (AvgIpc) is 3.53. The standard InChI is InChI=1S/C19H24N7O13P/c20-18-23-14-9(15(32)24-18)21-5-26(14)17-12(31)13(6(3-27)37-17)39-40(34,35)36-4-7-10(29)11(30)16(38-7)25-2-1-8(28)22-19(25)33/h1-2,5-7,10-13,16-17,27,29-31H,3-4H2,(H,34,35)(H,22,28,33)(H3,20,23,24,32)/t6-,7-,10-,11-,12-,13-,16-,17-/m1/s1. The van der Waals surface area contributed by atoms with Crippen molar-refractivity contribution in [2.45, 2.75) is 49.1 Å². The summed E-state index contributed by atoms with van der Waals surface area (Å²) in [6.07, 6.45) is -10.2. The zero-order valence-corrected chi connectivity index (χ0v) is 21.0. The van der Waals surface area contributed by atoms with Gasteiger partial charge >= 0.3 is 13.5 Å². The van der Waals surface area contributed by atoms with Crippen molar-refractivity contribution < 1.29 is 48.4 Å². The molecule has 2 saturated heterocycles. The van der Waals surface area contributed by atoms with Gasteiger partial charge in [-0.1, -0.05) is 0 Å². The summed E-state index contributed by atoms with van der Waals surface area (Å²) in [5, 5.41) is 41.2. The Morgan fingerprint density at radius 2 is 1.75 bits per heavy atom. The number of aromatic amines is 2. The van der Waals surface area contributed by atoms with Gasteiger partial charge in [0.1, 0.15) is 36.6 Å². The Balaban J connectivity index is 1.28. The van der Waals surface area contributed by atoms with E-state index in [1.165, 1.54) is 0 Å². The normalized spacial score (nSPS) is 32.0. The molecule has 0 amide bonds. The number of phosphoric acid groups is 1. The zero-order valence-electron chi connectivity index (χ0n) is 20.1. The third kappa shape index (κ3) is 5.12. The van der Waals surface area contributed by atoms with E-state index in [1.54, 1.807) is 0 Å². The minimum Gasteiger partial charge on any atom is -0.394 e. The molecule has 0 saturated carbocycles. The van der Waals surface area contributed by atoms with Gasteiger partial charge in [-0.2, -0.15) is 4.98 Å². The number of nitrogens with zero attached hydrogens (tertiary/aromatic N) is 4. The Labute approximate surface area is 220 Å². The maximum absolute atomic E-state index is 12.7. The Kier molecular flexibility index (Phi) is 7.48. The van der Waals surface area contributed by atoms with Crippen molar-refractivity contribution in [3.63, 3.8) is 0 Å². The van der Waals surface area contributed by atoms with Crippen LogP contribution in [0, 0.1) is 0 Å². The number of phosphoric ester groups is 1. The number of anilines is 1. The minimum absolute atomic E-state index is 0.0758. The zero-order chi connectivity index (χ0) is 28.9. The lowest BCUT2D eigenvalue weighted by molar-refractivity contribution is -0.0610. The first-order valence-electron chi connectivity index (χ1n) is 11.6. The van der Waals surface area contributed by atoms with Gasteiger partial charge in [-0.15, -0.1) is 0 Å². The highest BCUT2D eigenvalue weighted by Crippen LogP contribution is 2.49. The predicted octanol–water partition coefficient (Wildman–Crippen LogP) is -4.38. The number of nitrogen functional groups attached to an aromatic ring is 1. The Morgan fingerprint density at radius 1 is 1.05 bits per heavy atom. The smallest absolute Gasteiger partial charge is 0.394 e. The number of rotatable bonds is 8. The second-order valence-electron chi connectivity index (χ2n) is 8.91. The lowest BCUT2D eigenvalue weighted by Gasteiger charge is -2.23. The summed E-state index contributed by atoms with van der Waals surface area (Å²) in [5.41, 5.74) is 3.06. The summed E-state index contributed by atoms with van der Waals surface area (Å²) in [7, 11) is -5.06. The molecule has 5 heterocycles. The molecule has 0 spiro atoms. The first-order chi connectivity index (χ1) is 18.9. The van der Waals surface area contributed by atoms with E-state index in [4.69, 9.17) is 24.3 Å². The van der Waals surface area contributed by atoms with Crippen molar-refractivity contribution in [2.24, 2.45) is 0 Å². The average molecular weight is 589 g/mol. The van der Waals surface area contributed by atoms with E-state index in [0.29, 0.717) is 0 Å². The van der Waals surface area contributed by atoms with Gasteiger partial charge in [-0.3, -0.25) is 37.7 Å². The van der Waals surface area contributed by atoms with Gasteiger partial charge in [-0.05, 0) is 0 Å². The van der Waals surface area contributed by atoms with Crippen LogP contribution in [0.1, 0.15) is 12.5 Å². The number of hydrogen-bond donors (Lipinski definition) is 8. The maximum Gasteiger partial charge on any atom is 0.472 e. The van der Waals surface area contributed by atoms with Crippen molar-refractivity contribution in [1.29, 1.82) is 0 Å². The van der Waals surface area contributed by atoms with E-state index >= 15 is 0 Å². The van der Waals surface area contributed by atoms with E-state index in [-0.39, 0.29) is 17.1 Å². The fourth-order valence-electron chi connectivity index (χ4n) is 4.43. The number of H-pyrrole nitrogens is 2. The molecule has 0 bridgehead atoms. The third-order valence-corrected chi connectivity index (χ3v) is 7.32. The van der Waals surface area contributed by atoms with Crippen molar-refractivity contribution in [2.75, 3.05) is 18.9 Å². The number of ether oxygens (including phenoxy) is 2. The van der Waals surface area contributed by atoms with Gasteiger partial charge in [0.05, 0.1) is 19.5 Å². The van der Waals surface area contributed by atoms with Gasteiger partial charge in [0.15, 0.2) is 23.6 Å². The third-order valence-electron chi connectivity index (χ3n) is 6.33. The van der Waals surface area contributed by atoms with Crippen molar-refractivity contribution >= 4 is 24.9 Å². The van der Waals surface area contributed by atoms with Crippen LogP contribution < -0.4 is 22.5 Å². The fourth-order valence-corrected chi connectivity index (χ4v) is 5.40. The summed E-state index contributed by atoms with van der Waals surface area (Å²) in [4.78, 5) is 57.7. The molecule has 40 heavy (non-hydrogen) atoms. The van der Waals surface area contributed by atoms with Crippen LogP contribution in [0.3, 0.4) is 0 Å². The first-order valence-corrected chi connectivity index (χ1v) is 13.0. The predicted molar refractivity (Wildman–Crippen MR) is 127 cm³/mol. The summed E-state index contributed by atoms with van der Waals surface area (Å²) in [6.45, 7) is -1.59. The molecule has 0 aromatic carbocycles. The second kappa shape index (κ2) is 10.6. The highest BCUT2D eigenvalue weighted by molar-refractivity contribution is 7.47. The molecular weight excluding hydrogens is 565 g/mol. The Morgan fingerprint density at radius 3 is 2.45 bits per heavy atom. The Hall–Kier alpha value is -3.30. The minimum atomic E-state index is -5.06. The van der Waals surface area contributed by atoms with Gasteiger partial charge in [0.25, 0.3) is 11.1 Å². The van der Waals surface area contributed by atoms with Crippen LogP contribution in [-0.2, 0) is 23.1 Å². The summed E-state index contributed by atoms with van der Waals surface area (Å²) in [5.74, 6) is -0.249. The number of aliphatic hydroxyl groups excluding tert-OH is 4. The molecule has 2 aliphatic heterocycles. The molecule has 21 heteroatoms. The lowest BCUT2D eigenvalue weighted by atomic mass is 10.1. The monoisotopic (exact) mass is 589 g/mol. The van der Waals surface area contributed by atoms with E-state index in [0.717, 1.165) is 27.7 Å². The molecule has 9 atom stereocenters. The van der Waals surface area contributed by atoms with Gasteiger partial charge < -0.3 is 40.5 Å². The van der Waals surface area contributed by atoms with Crippen LogP contribution in [0.5, 0.6) is 0 Å². The van der Waals surface area contributed by atoms with Gasteiger partial charge in [0.2, 0.25) is 5.95 Å². The molecule has 9 N–H and O–H groups in total. The molecule has 20 nitrogen and oxygen atoms in total. The van der Waals surface area contributed by atoms with Crippen LogP contribution in [-0.4, -0.2) is 104 Å². The lowest BCUT2D eigenvalue weighted by Crippen LogP contribution is -2.37. The van der Waals surface area contributed by atoms with Crippen LogP contribution in [0.25, 0.3) is 11.2 Å². The maximum atomic E-state index is 12.7. The number of aromatic nitrogens is 6. The van der Waals surface area contributed by atoms with E-state index in [9.17, 15) is 44.3 Å². The molecule has 0 radical (unpaired) electrons. The van der Waals surface area contributed by atoms with Crippen LogP contribution in [0.2, 0.25) is 0 Å². The quantitative estimate of drug-likeness (QED) is 0.115. The molecular formula is C19H24N7O13P. The molecule has 1 unspecified atom stereocenters. The molecule has 3 aromatic heterocycles. The van der Waals surface area contributed by atoms with E-state index < -0.39 is 86.9 Å². The molecule has 0 aliphatic carbocycles. The Bertz CT molecular complexity index is 1620. The highest BCUT2D eigenvalue weighted by Gasteiger charge is 2.50. The molecule has 3 aromatic rings. The number of aliphatic hydroxyl groups is 4. The van der Waals surface area contributed by atoms with Crippen LogP contribution in [0.15, 0.2) is 33.0 Å². The van der Waals surface area contributed by atoms with Crippen LogP contribution >= 0.6 is 7.82 Å². The van der Waals surface area contributed by atoms with Crippen molar-refractivity contribution in [1.82, 2.24) is 29.1 Å². The molecule has 218 valence electrons.